The summed E-state index contributed by atoms with van der Waals surface area (Å²) in [6.45, 7) is 9.12. The molecule has 0 amide bonds. The van der Waals surface area contributed by atoms with Crippen LogP contribution in [0.3, 0.4) is 0 Å². The first-order valence-electron chi connectivity index (χ1n) is 10.7. The predicted octanol–water partition coefficient (Wildman–Crippen LogP) is 6.12. The minimum atomic E-state index is 0. The molecule has 154 valence electrons. The molecule has 0 bridgehead atoms. The number of benzene rings is 1. The van der Waals surface area contributed by atoms with Crippen LogP contribution in [0.1, 0.15) is 70.8 Å². The third-order valence-corrected chi connectivity index (χ3v) is 5.13. The van der Waals surface area contributed by atoms with E-state index < -0.39 is 0 Å². The van der Waals surface area contributed by atoms with Gasteiger partial charge < -0.3 is 9.64 Å². The molecule has 0 radical (unpaired) electrons. The molecule has 2 rings (SSSR count). The van der Waals surface area contributed by atoms with E-state index in [1.807, 2.05) is 0 Å². The lowest BCUT2D eigenvalue weighted by Gasteiger charge is -2.24. The standard InChI is InChI=1S/C23H38N2O.ClH/c1-3-4-5-6-7-8-9-13-18-26-20-21(2)23-24-16-17-25(23)19-22-14-11-10-12-15-22;/h10-12,14-15,21H,3-9,13,16-20H2,1-2H3;1H. The molecular formula is C23H39ClN2O. The molecule has 4 heteroatoms. The number of hydrogen-bond donors (Lipinski definition) is 0. The summed E-state index contributed by atoms with van der Waals surface area (Å²) >= 11 is 0. The first-order chi connectivity index (χ1) is 12.8. The van der Waals surface area contributed by atoms with Gasteiger partial charge in [-0.05, 0) is 12.0 Å². The Bertz CT molecular complexity index is 506. The fraction of sp³-hybridized carbons (Fsp3) is 0.696. The van der Waals surface area contributed by atoms with E-state index in [-0.39, 0.29) is 12.4 Å². The number of unbranched alkanes of at least 4 members (excludes halogenated alkanes) is 7. The van der Waals surface area contributed by atoms with Gasteiger partial charge in [-0.15, -0.1) is 12.4 Å². The molecular weight excluding hydrogens is 356 g/mol. The number of amidine groups is 1. The number of nitrogens with zero attached hydrogens (tertiary/aromatic N) is 2. The van der Waals surface area contributed by atoms with Crippen LogP contribution in [-0.2, 0) is 11.3 Å². The summed E-state index contributed by atoms with van der Waals surface area (Å²) in [7, 11) is 0. The van der Waals surface area contributed by atoms with E-state index in [1.54, 1.807) is 0 Å². The summed E-state index contributed by atoms with van der Waals surface area (Å²) in [5, 5.41) is 0. The van der Waals surface area contributed by atoms with Gasteiger partial charge in [0.2, 0.25) is 0 Å². The molecule has 0 aromatic heterocycles. The maximum atomic E-state index is 5.94. The molecule has 1 aliphatic heterocycles. The van der Waals surface area contributed by atoms with Crippen LogP contribution in [0.15, 0.2) is 35.3 Å². The van der Waals surface area contributed by atoms with Gasteiger partial charge in [0.15, 0.2) is 0 Å². The van der Waals surface area contributed by atoms with Crippen molar-refractivity contribution in [1.29, 1.82) is 0 Å². The van der Waals surface area contributed by atoms with E-state index in [1.165, 1.54) is 62.8 Å². The molecule has 27 heavy (non-hydrogen) atoms. The molecule has 0 fully saturated rings. The lowest BCUT2D eigenvalue weighted by Crippen LogP contribution is -2.33. The normalized spacial score (nSPS) is 14.7. The minimum absolute atomic E-state index is 0. The van der Waals surface area contributed by atoms with Gasteiger partial charge >= 0.3 is 0 Å². The van der Waals surface area contributed by atoms with Gasteiger partial charge in [0.25, 0.3) is 0 Å². The second-order valence-corrected chi connectivity index (χ2v) is 7.60. The van der Waals surface area contributed by atoms with Crippen LogP contribution < -0.4 is 0 Å². The highest BCUT2D eigenvalue weighted by Gasteiger charge is 2.22. The van der Waals surface area contributed by atoms with Crippen molar-refractivity contribution in [3.63, 3.8) is 0 Å². The van der Waals surface area contributed by atoms with Crippen LogP contribution >= 0.6 is 12.4 Å². The van der Waals surface area contributed by atoms with Crippen molar-refractivity contribution in [1.82, 2.24) is 4.90 Å². The Morgan fingerprint density at radius 1 is 1.00 bits per heavy atom. The lowest BCUT2D eigenvalue weighted by molar-refractivity contribution is 0.114. The first kappa shape index (κ1) is 24.0. The summed E-state index contributed by atoms with van der Waals surface area (Å²) in [6, 6.07) is 10.7. The SMILES string of the molecule is CCCCCCCCCCOCC(C)C1=NCCN1Cc1ccccc1.Cl. The van der Waals surface area contributed by atoms with Gasteiger partial charge in [0.1, 0.15) is 5.84 Å². The number of ether oxygens (including phenoxy) is 1. The number of aliphatic imine (C=N–C) groups is 1. The van der Waals surface area contributed by atoms with E-state index >= 15 is 0 Å². The van der Waals surface area contributed by atoms with Crippen LogP contribution in [0.25, 0.3) is 0 Å². The zero-order chi connectivity index (χ0) is 18.5. The van der Waals surface area contributed by atoms with E-state index in [2.05, 4.69) is 49.1 Å². The number of halogens is 1. The molecule has 0 saturated heterocycles. The maximum Gasteiger partial charge on any atom is 0.104 e. The molecule has 1 aromatic rings. The number of hydrogen-bond acceptors (Lipinski definition) is 3. The van der Waals surface area contributed by atoms with E-state index in [4.69, 9.17) is 9.73 Å². The van der Waals surface area contributed by atoms with Crippen molar-refractivity contribution in [2.75, 3.05) is 26.3 Å². The summed E-state index contributed by atoms with van der Waals surface area (Å²) < 4.78 is 5.94. The fourth-order valence-corrected chi connectivity index (χ4v) is 3.60. The zero-order valence-corrected chi connectivity index (χ0v) is 18.2. The second kappa shape index (κ2) is 14.9. The largest absolute Gasteiger partial charge is 0.381 e. The predicted molar refractivity (Wildman–Crippen MR) is 119 cm³/mol. The maximum absolute atomic E-state index is 5.94. The summed E-state index contributed by atoms with van der Waals surface area (Å²) in [4.78, 5) is 7.16. The Morgan fingerprint density at radius 2 is 1.67 bits per heavy atom. The van der Waals surface area contributed by atoms with E-state index in [0.717, 1.165) is 32.8 Å². The van der Waals surface area contributed by atoms with Crippen LogP contribution in [0, 0.1) is 5.92 Å². The van der Waals surface area contributed by atoms with Gasteiger partial charge in [-0.2, -0.15) is 0 Å². The highest BCUT2D eigenvalue weighted by Crippen LogP contribution is 2.15. The highest BCUT2D eigenvalue weighted by atomic mass is 35.5. The smallest absolute Gasteiger partial charge is 0.104 e. The Hall–Kier alpha value is -1.06. The van der Waals surface area contributed by atoms with Gasteiger partial charge in [-0.3, -0.25) is 4.99 Å². The zero-order valence-electron chi connectivity index (χ0n) is 17.4. The Labute approximate surface area is 173 Å². The monoisotopic (exact) mass is 394 g/mol. The molecule has 3 nitrogen and oxygen atoms in total. The van der Waals surface area contributed by atoms with Crippen molar-refractivity contribution >= 4 is 18.2 Å². The van der Waals surface area contributed by atoms with Gasteiger partial charge in [0, 0.05) is 25.6 Å². The summed E-state index contributed by atoms with van der Waals surface area (Å²) in [6.07, 6.45) is 10.8. The molecule has 1 aromatic carbocycles. The average molecular weight is 395 g/mol. The minimum Gasteiger partial charge on any atom is -0.381 e. The Balaban J connectivity index is 0.00000364. The van der Waals surface area contributed by atoms with Crippen molar-refractivity contribution < 1.29 is 4.74 Å². The van der Waals surface area contributed by atoms with E-state index in [0.29, 0.717) is 5.92 Å². The molecule has 1 unspecified atom stereocenters. The first-order valence-corrected chi connectivity index (χ1v) is 10.7. The molecule has 0 aliphatic carbocycles. The van der Waals surface area contributed by atoms with Crippen molar-refractivity contribution in [3.05, 3.63) is 35.9 Å². The molecule has 1 atom stereocenters. The van der Waals surface area contributed by atoms with Crippen molar-refractivity contribution in [2.24, 2.45) is 10.9 Å². The molecule has 1 aliphatic rings. The fourth-order valence-electron chi connectivity index (χ4n) is 3.60. The Morgan fingerprint density at radius 3 is 2.37 bits per heavy atom. The third kappa shape index (κ3) is 9.62. The van der Waals surface area contributed by atoms with E-state index in [9.17, 15) is 0 Å². The van der Waals surface area contributed by atoms with Crippen molar-refractivity contribution in [3.8, 4) is 0 Å². The molecule has 0 N–H and O–H groups in total. The molecule has 0 spiro atoms. The lowest BCUT2D eigenvalue weighted by atomic mass is 10.1. The quantitative estimate of drug-likeness (QED) is 0.355. The highest BCUT2D eigenvalue weighted by molar-refractivity contribution is 5.86. The van der Waals surface area contributed by atoms with Gasteiger partial charge in [0.05, 0.1) is 13.2 Å². The third-order valence-electron chi connectivity index (χ3n) is 5.13. The number of rotatable bonds is 14. The van der Waals surface area contributed by atoms with Crippen LogP contribution in [0.5, 0.6) is 0 Å². The Kier molecular flexibility index (Phi) is 13.3. The van der Waals surface area contributed by atoms with Gasteiger partial charge in [-0.25, -0.2) is 0 Å². The second-order valence-electron chi connectivity index (χ2n) is 7.60. The summed E-state index contributed by atoms with van der Waals surface area (Å²) in [5.41, 5.74) is 1.36. The molecule has 0 saturated carbocycles. The topological polar surface area (TPSA) is 24.8 Å². The molecule has 1 heterocycles. The summed E-state index contributed by atoms with van der Waals surface area (Å²) in [5.74, 6) is 1.61. The van der Waals surface area contributed by atoms with Crippen LogP contribution in [-0.4, -0.2) is 37.0 Å². The van der Waals surface area contributed by atoms with Crippen LogP contribution in [0.4, 0.5) is 0 Å². The van der Waals surface area contributed by atoms with Crippen molar-refractivity contribution in [2.45, 2.75) is 71.8 Å². The van der Waals surface area contributed by atoms with Gasteiger partial charge in [-0.1, -0.05) is 89.1 Å². The average Bonchev–Trinajstić information content (AvgIpc) is 3.12. The van der Waals surface area contributed by atoms with Crippen LogP contribution in [0.2, 0.25) is 0 Å².